The molecule has 0 unspecified atom stereocenters. The van der Waals surface area contributed by atoms with E-state index in [1.807, 2.05) is 43.3 Å². The molecule has 0 aliphatic rings. The molecular weight excluding hydrogens is 446 g/mol. The number of carbonyl (C=O) groups is 2. The molecule has 2 amide bonds. The molecule has 0 spiro atoms. The summed E-state index contributed by atoms with van der Waals surface area (Å²) >= 11 is 3.44. The summed E-state index contributed by atoms with van der Waals surface area (Å²) in [6.45, 7) is 2.17. The normalized spacial score (nSPS) is 10.7. The number of fused-ring (bicyclic) bond motifs is 1. The number of anilines is 1. The van der Waals surface area contributed by atoms with Gasteiger partial charge in [0.1, 0.15) is 5.58 Å². The Labute approximate surface area is 181 Å². The molecule has 0 saturated carbocycles. The molecule has 30 heavy (non-hydrogen) atoms. The lowest BCUT2D eigenvalue weighted by Crippen LogP contribution is -2.23. The molecule has 0 aliphatic carbocycles. The molecule has 4 aromatic rings. The van der Waals surface area contributed by atoms with Crippen LogP contribution in [0, 0.1) is 6.92 Å². The Morgan fingerprint density at radius 1 is 1.03 bits per heavy atom. The first kappa shape index (κ1) is 19.8. The lowest BCUT2D eigenvalue weighted by Gasteiger charge is -2.08. The Bertz CT molecular complexity index is 1240. The average molecular weight is 464 g/mol. The number of aryl methyl sites for hydroxylation is 1. The summed E-state index contributed by atoms with van der Waals surface area (Å²) in [7, 11) is 0. The van der Waals surface area contributed by atoms with Crippen LogP contribution in [-0.4, -0.2) is 16.8 Å². The quantitative estimate of drug-likeness (QED) is 0.432. The number of nitrogens with one attached hydrogen (secondary N) is 2. The monoisotopic (exact) mass is 463 g/mol. The third-order valence-electron chi connectivity index (χ3n) is 4.68. The molecule has 7 heteroatoms. The molecule has 2 heterocycles. The van der Waals surface area contributed by atoms with Crippen molar-refractivity contribution < 1.29 is 14.0 Å². The van der Waals surface area contributed by atoms with Crippen molar-refractivity contribution in [2.75, 3.05) is 5.32 Å². The molecule has 2 aromatic carbocycles. The van der Waals surface area contributed by atoms with Gasteiger partial charge in [0.2, 0.25) is 0 Å². The summed E-state index contributed by atoms with van der Waals surface area (Å²) in [6, 6.07) is 16.3. The first-order chi connectivity index (χ1) is 14.5. The zero-order valence-corrected chi connectivity index (χ0v) is 17.7. The molecular formula is C23H18BrN3O3. The second kappa shape index (κ2) is 8.51. The number of furan rings is 1. The third kappa shape index (κ3) is 4.26. The topological polar surface area (TPSA) is 84.2 Å². The van der Waals surface area contributed by atoms with Gasteiger partial charge >= 0.3 is 0 Å². The maximum absolute atomic E-state index is 12.6. The standard InChI is InChI=1S/C23H18BrN3O3/c1-14-19-12-17(24)5-6-20(19)30-21(14)23(29)26-13-15-3-2-4-18(11-15)27-22(28)16-7-9-25-10-8-16/h2-12H,13H2,1H3,(H,26,29)(H,27,28). The van der Waals surface area contributed by atoms with E-state index < -0.39 is 0 Å². The van der Waals surface area contributed by atoms with Crippen LogP contribution in [0.15, 0.2) is 75.9 Å². The molecule has 0 fully saturated rings. The number of carbonyl (C=O) groups excluding carboxylic acids is 2. The summed E-state index contributed by atoms with van der Waals surface area (Å²) in [5.74, 6) is -0.209. The van der Waals surface area contributed by atoms with E-state index in [2.05, 4.69) is 31.5 Å². The largest absolute Gasteiger partial charge is 0.451 e. The molecule has 0 bridgehead atoms. The predicted octanol–water partition coefficient (Wildman–Crippen LogP) is 5.08. The Kier molecular flexibility index (Phi) is 5.63. The average Bonchev–Trinajstić information content (AvgIpc) is 3.09. The van der Waals surface area contributed by atoms with Gasteiger partial charge in [0, 0.05) is 45.6 Å². The number of nitrogens with zero attached hydrogens (tertiary/aromatic N) is 1. The van der Waals surface area contributed by atoms with Crippen molar-refractivity contribution in [3.05, 3.63) is 93.9 Å². The van der Waals surface area contributed by atoms with Crippen LogP contribution in [0.2, 0.25) is 0 Å². The number of amides is 2. The maximum Gasteiger partial charge on any atom is 0.287 e. The molecule has 0 atom stereocenters. The Hall–Kier alpha value is -3.45. The van der Waals surface area contributed by atoms with Crippen molar-refractivity contribution in [1.82, 2.24) is 10.3 Å². The van der Waals surface area contributed by atoms with Gasteiger partial charge in [0.25, 0.3) is 11.8 Å². The van der Waals surface area contributed by atoms with E-state index in [-0.39, 0.29) is 11.8 Å². The fraction of sp³-hybridized carbons (Fsp3) is 0.0870. The molecule has 0 radical (unpaired) electrons. The van der Waals surface area contributed by atoms with Crippen LogP contribution in [0.3, 0.4) is 0 Å². The van der Waals surface area contributed by atoms with Crippen LogP contribution >= 0.6 is 15.9 Å². The maximum atomic E-state index is 12.6. The second-order valence-corrected chi connectivity index (χ2v) is 7.69. The summed E-state index contributed by atoms with van der Waals surface area (Å²) in [5.41, 5.74) is 3.49. The molecule has 0 saturated heterocycles. The summed E-state index contributed by atoms with van der Waals surface area (Å²) < 4.78 is 6.66. The van der Waals surface area contributed by atoms with Crippen molar-refractivity contribution in [3.8, 4) is 0 Å². The Balaban J connectivity index is 1.44. The van der Waals surface area contributed by atoms with E-state index in [1.165, 1.54) is 0 Å². The molecule has 0 aliphatic heterocycles. The minimum Gasteiger partial charge on any atom is -0.451 e. The molecule has 6 nitrogen and oxygen atoms in total. The first-order valence-electron chi connectivity index (χ1n) is 9.28. The van der Waals surface area contributed by atoms with Crippen molar-refractivity contribution in [2.24, 2.45) is 0 Å². The summed E-state index contributed by atoms with van der Waals surface area (Å²) in [6.07, 6.45) is 3.14. The van der Waals surface area contributed by atoms with E-state index >= 15 is 0 Å². The van der Waals surface area contributed by atoms with Gasteiger partial charge in [0.05, 0.1) is 0 Å². The summed E-state index contributed by atoms with van der Waals surface area (Å²) in [4.78, 5) is 28.9. The van der Waals surface area contributed by atoms with E-state index in [0.717, 1.165) is 21.0 Å². The van der Waals surface area contributed by atoms with Crippen LogP contribution < -0.4 is 10.6 Å². The number of aromatic nitrogens is 1. The highest BCUT2D eigenvalue weighted by Crippen LogP contribution is 2.28. The smallest absolute Gasteiger partial charge is 0.287 e. The Morgan fingerprint density at radius 3 is 2.63 bits per heavy atom. The summed E-state index contributed by atoms with van der Waals surface area (Å²) in [5, 5.41) is 6.62. The van der Waals surface area contributed by atoms with Gasteiger partial charge in [-0.1, -0.05) is 28.1 Å². The number of hydrogen-bond donors (Lipinski definition) is 2. The van der Waals surface area contributed by atoms with Crippen molar-refractivity contribution >= 4 is 44.4 Å². The predicted molar refractivity (Wildman–Crippen MR) is 118 cm³/mol. The number of rotatable bonds is 5. The van der Waals surface area contributed by atoms with Crippen LogP contribution in [0.4, 0.5) is 5.69 Å². The second-order valence-electron chi connectivity index (χ2n) is 6.77. The van der Waals surface area contributed by atoms with Crippen molar-refractivity contribution in [2.45, 2.75) is 13.5 Å². The number of halogens is 1. The van der Waals surface area contributed by atoms with Crippen LogP contribution in [0.5, 0.6) is 0 Å². The number of benzene rings is 2. The SMILES string of the molecule is Cc1c(C(=O)NCc2cccc(NC(=O)c3ccncc3)c2)oc2ccc(Br)cc12. The lowest BCUT2D eigenvalue weighted by molar-refractivity contribution is 0.0923. The van der Waals surface area contributed by atoms with Gasteiger partial charge in [-0.2, -0.15) is 0 Å². The highest BCUT2D eigenvalue weighted by atomic mass is 79.9. The van der Waals surface area contributed by atoms with Crippen LogP contribution in [0.25, 0.3) is 11.0 Å². The van der Waals surface area contributed by atoms with E-state index in [4.69, 9.17) is 4.42 Å². The molecule has 2 N–H and O–H groups in total. The molecule has 150 valence electrons. The van der Waals surface area contributed by atoms with Gasteiger partial charge in [-0.15, -0.1) is 0 Å². The zero-order valence-electron chi connectivity index (χ0n) is 16.1. The molecule has 2 aromatic heterocycles. The van der Waals surface area contributed by atoms with Crippen molar-refractivity contribution in [1.29, 1.82) is 0 Å². The van der Waals surface area contributed by atoms with Gasteiger partial charge in [-0.25, -0.2) is 0 Å². The minimum atomic E-state index is -0.286. The fourth-order valence-electron chi connectivity index (χ4n) is 3.14. The number of pyridine rings is 1. The van der Waals surface area contributed by atoms with Crippen molar-refractivity contribution in [3.63, 3.8) is 0 Å². The first-order valence-corrected chi connectivity index (χ1v) is 10.1. The van der Waals surface area contributed by atoms with E-state index in [1.54, 1.807) is 30.6 Å². The van der Waals surface area contributed by atoms with Gasteiger partial charge in [-0.3, -0.25) is 14.6 Å². The third-order valence-corrected chi connectivity index (χ3v) is 5.18. The van der Waals surface area contributed by atoms with E-state index in [9.17, 15) is 9.59 Å². The zero-order chi connectivity index (χ0) is 21.1. The van der Waals surface area contributed by atoms with Gasteiger partial charge in [0.15, 0.2) is 5.76 Å². The van der Waals surface area contributed by atoms with Crippen LogP contribution in [0.1, 0.15) is 32.0 Å². The number of hydrogen-bond acceptors (Lipinski definition) is 4. The highest BCUT2D eigenvalue weighted by molar-refractivity contribution is 9.10. The lowest BCUT2D eigenvalue weighted by atomic mass is 10.1. The molecule has 4 rings (SSSR count). The van der Waals surface area contributed by atoms with E-state index in [0.29, 0.717) is 29.1 Å². The Morgan fingerprint density at radius 2 is 1.83 bits per heavy atom. The fourth-order valence-corrected chi connectivity index (χ4v) is 3.50. The van der Waals surface area contributed by atoms with Gasteiger partial charge in [-0.05, 0) is 55.0 Å². The minimum absolute atomic E-state index is 0.220. The van der Waals surface area contributed by atoms with Gasteiger partial charge < -0.3 is 15.1 Å². The van der Waals surface area contributed by atoms with Crippen LogP contribution in [-0.2, 0) is 6.54 Å². The highest BCUT2D eigenvalue weighted by Gasteiger charge is 2.17.